The predicted molar refractivity (Wildman–Crippen MR) is 127 cm³/mol. The van der Waals surface area contributed by atoms with Crippen molar-refractivity contribution in [1.82, 2.24) is 20.5 Å². The number of hydrogen-bond donors (Lipinski definition) is 2. The number of nitrogens with one attached hydrogen (secondary N) is 2. The summed E-state index contributed by atoms with van der Waals surface area (Å²) in [5.41, 5.74) is 1.31. The van der Waals surface area contributed by atoms with Crippen molar-refractivity contribution in [2.24, 2.45) is 4.99 Å². The van der Waals surface area contributed by atoms with Crippen molar-refractivity contribution in [1.29, 1.82) is 0 Å². The molecule has 0 amide bonds. The van der Waals surface area contributed by atoms with Gasteiger partial charge in [-0.1, -0.05) is 19.3 Å². The number of morpholine rings is 1. The zero-order valence-electron chi connectivity index (χ0n) is 17.8. The number of methoxy groups -OCH3 is 1. The SMILES string of the molecule is CCNC(=NCc1ccnc(OC)c1)NCC1(N2CCOCC2)CCCCC1.I. The Balaban J connectivity index is 0.00000300. The van der Waals surface area contributed by atoms with Crippen molar-refractivity contribution in [3.8, 4) is 5.88 Å². The third-order valence-electron chi connectivity index (χ3n) is 5.82. The first-order chi connectivity index (χ1) is 13.8. The van der Waals surface area contributed by atoms with Gasteiger partial charge >= 0.3 is 0 Å². The largest absolute Gasteiger partial charge is 0.481 e. The molecule has 2 fully saturated rings. The molecule has 0 aromatic carbocycles. The highest BCUT2D eigenvalue weighted by Crippen LogP contribution is 2.33. The van der Waals surface area contributed by atoms with E-state index in [1.54, 1.807) is 13.3 Å². The molecule has 2 aliphatic rings. The zero-order valence-corrected chi connectivity index (χ0v) is 20.1. The van der Waals surface area contributed by atoms with Crippen LogP contribution in [0.3, 0.4) is 0 Å². The van der Waals surface area contributed by atoms with E-state index in [1.807, 2.05) is 12.1 Å². The molecular formula is C21H36IN5O2. The minimum Gasteiger partial charge on any atom is -0.481 e. The Morgan fingerprint density at radius 1 is 1.24 bits per heavy atom. The second-order valence-corrected chi connectivity index (χ2v) is 7.64. The highest BCUT2D eigenvalue weighted by molar-refractivity contribution is 14.0. The maximum Gasteiger partial charge on any atom is 0.213 e. The molecule has 29 heavy (non-hydrogen) atoms. The summed E-state index contributed by atoms with van der Waals surface area (Å²) in [4.78, 5) is 11.6. The fourth-order valence-electron chi connectivity index (χ4n) is 4.27. The molecule has 0 bridgehead atoms. The predicted octanol–water partition coefficient (Wildman–Crippen LogP) is 2.80. The van der Waals surface area contributed by atoms with Gasteiger partial charge in [0.05, 0.1) is 26.9 Å². The van der Waals surface area contributed by atoms with Crippen molar-refractivity contribution >= 4 is 29.9 Å². The summed E-state index contributed by atoms with van der Waals surface area (Å²) in [7, 11) is 1.64. The number of ether oxygens (including phenoxy) is 2. The molecular weight excluding hydrogens is 481 g/mol. The average molecular weight is 517 g/mol. The van der Waals surface area contributed by atoms with Gasteiger partial charge in [0, 0.05) is 44.0 Å². The van der Waals surface area contributed by atoms with Crippen molar-refractivity contribution in [2.75, 3.05) is 46.5 Å². The maximum atomic E-state index is 5.59. The molecule has 1 aromatic rings. The van der Waals surface area contributed by atoms with Crippen LogP contribution in [-0.2, 0) is 11.3 Å². The molecule has 1 saturated carbocycles. The van der Waals surface area contributed by atoms with Crippen molar-refractivity contribution in [3.63, 3.8) is 0 Å². The molecule has 8 heteroatoms. The van der Waals surface area contributed by atoms with E-state index in [4.69, 9.17) is 14.5 Å². The molecule has 0 spiro atoms. The average Bonchev–Trinajstić information content (AvgIpc) is 2.77. The second kappa shape index (κ2) is 12.5. The first-order valence-electron chi connectivity index (χ1n) is 10.6. The number of aliphatic imine (C=N–C) groups is 1. The zero-order chi connectivity index (χ0) is 19.7. The first kappa shape index (κ1) is 24.1. The topological polar surface area (TPSA) is 71.0 Å². The van der Waals surface area contributed by atoms with E-state index < -0.39 is 0 Å². The lowest BCUT2D eigenvalue weighted by molar-refractivity contribution is -0.0352. The molecule has 0 unspecified atom stereocenters. The van der Waals surface area contributed by atoms with Crippen molar-refractivity contribution < 1.29 is 9.47 Å². The van der Waals surface area contributed by atoms with Crippen molar-refractivity contribution in [2.45, 2.75) is 51.1 Å². The van der Waals surface area contributed by atoms with Gasteiger partial charge in [0.15, 0.2) is 5.96 Å². The number of guanidine groups is 1. The Morgan fingerprint density at radius 2 is 2.00 bits per heavy atom. The monoisotopic (exact) mass is 517 g/mol. The third kappa shape index (κ3) is 6.96. The highest BCUT2D eigenvalue weighted by Gasteiger charge is 2.38. The number of aromatic nitrogens is 1. The summed E-state index contributed by atoms with van der Waals surface area (Å²) in [6, 6.07) is 3.91. The van der Waals surface area contributed by atoms with Gasteiger partial charge in [0.1, 0.15) is 0 Å². The molecule has 0 radical (unpaired) electrons. The Bertz CT molecular complexity index is 631. The van der Waals surface area contributed by atoms with Gasteiger partial charge < -0.3 is 20.1 Å². The number of halogens is 1. The first-order valence-corrected chi connectivity index (χ1v) is 10.6. The molecule has 7 nitrogen and oxygen atoms in total. The summed E-state index contributed by atoms with van der Waals surface area (Å²) in [6.07, 6.45) is 8.23. The standard InChI is InChI=1S/C21H35N5O2.HI/c1-3-22-20(24-16-18-7-10-23-19(15-18)27-2)25-17-21(8-5-4-6-9-21)26-11-13-28-14-12-26;/h7,10,15H,3-6,8-9,11-14,16-17H2,1-2H3,(H2,22,24,25);1H. The van der Waals surface area contributed by atoms with E-state index in [-0.39, 0.29) is 29.5 Å². The van der Waals surface area contributed by atoms with E-state index in [9.17, 15) is 0 Å². The van der Waals surface area contributed by atoms with Gasteiger partial charge in [0.25, 0.3) is 0 Å². The Hall–Kier alpha value is -1.13. The van der Waals surface area contributed by atoms with Crippen LogP contribution in [0.2, 0.25) is 0 Å². The molecule has 1 aliphatic heterocycles. The molecule has 1 saturated heterocycles. The van der Waals surface area contributed by atoms with E-state index in [0.29, 0.717) is 12.4 Å². The maximum absolute atomic E-state index is 5.59. The highest BCUT2D eigenvalue weighted by atomic mass is 127. The van der Waals surface area contributed by atoms with Crippen LogP contribution in [0.15, 0.2) is 23.3 Å². The Labute approximate surface area is 192 Å². The quantitative estimate of drug-likeness (QED) is 0.330. The molecule has 1 aliphatic carbocycles. The second-order valence-electron chi connectivity index (χ2n) is 7.64. The molecule has 0 atom stereocenters. The summed E-state index contributed by atoms with van der Waals surface area (Å²) >= 11 is 0. The molecule has 2 heterocycles. The lowest BCUT2D eigenvalue weighted by Gasteiger charge is -2.48. The minimum absolute atomic E-state index is 0. The normalized spacial score (nSPS) is 19.9. The van der Waals surface area contributed by atoms with Crippen LogP contribution in [0.5, 0.6) is 5.88 Å². The van der Waals surface area contributed by atoms with Crippen LogP contribution in [0, 0.1) is 0 Å². The van der Waals surface area contributed by atoms with Gasteiger partial charge in [-0.2, -0.15) is 0 Å². The lowest BCUT2D eigenvalue weighted by atomic mass is 9.80. The van der Waals surface area contributed by atoms with E-state index >= 15 is 0 Å². The van der Waals surface area contributed by atoms with E-state index in [1.165, 1.54) is 32.1 Å². The van der Waals surface area contributed by atoms with Crippen LogP contribution < -0.4 is 15.4 Å². The van der Waals surface area contributed by atoms with Gasteiger partial charge in [-0.3, -0.25) is 4.90 Å². The number of rotatable bonds is 7. The molecule has 1 aromatic heterocycles. The van der Waals surface area contributed by atoms with Gasteiger partial charge in [-0.15, -0.1) is 24.0 Å². The van der Waals surface area contributed by atoms with E-state index in [2.05, 4.69) is 27.4 Å². The number of nitrogens with zero attached hydrogens (tertiary/aromatic N) is 3. The molecule has 164 valence electrons. The van der Waals surface area contributed by atoms with Gasteiger partial charge in [0.2, 0.25) is 5.88 Å². The number of hydrogen-bond acceptors (Lipinski definition) is 5. The minimum atomic E-state index is 0. The number of pyridine rings is 1. The molecule has 2 N–H and O–H groups in total. The van der Waals surface area contributed by atoms with Gasteiger partial charge in [-0.25, -0.2) is 9.98 Å². The summed E-state index contributed by atoms with van der Waals surface area (Å²) in [5, 5.41) is 7.03. The fraction of sp³-hybridized carbons (Fsp3) is 0.714. The van der Waals surface area contributed by atoms with Crippen LogP contribution in [0.4, 0.5) is 0 Å². The summed E-state index contributed by atoms with van der Waals surface area (Å²) < 4.78 is 10.8. The Kier molecular flexibility index (Phi) is 10.4. The molecule has 3 rings (SSSR count). The van der Waals surface area contributed by atoms with Gasteiger partial charge in [-0.05, 0) is 31.4 Å². The van der Waals surface area contributed by atoms with E-state index in [0.717, 1.165) is 50.9 Å². The Morgan fingerprint density at radius 3 is 2.69 bits per heavy atom. The van der Waals surface area contributed by atoms with Crippen LogP contribution in [-0.4, -0.2) is 67.9 Å². The smallest absolute Gasteiger partial charge is 0.213 e. The van der Waals surface area contributed by atoms with Crippen LogP contribution >= 0.6 is 24.0 Å². The van der Waals surface area contributed by atoms with Crippen molar-refractivity contribution in [3.05, 3.63) is 23.9 Å². The fourth-order valence-corrected chi connectivity index (χ4v) is 4.27. The summed E-state index contributed by atoms with van der Waals surface area (Å²) in [6.45, 7) is 8.23. The van der Waals surface area contributed by atoms with Crippen LogP contribution in [0.25, 0.3) is 0 Å². The summed E-state index contributed by atoms with van der Waals surface area (Å²) in [5.74, 6) is 1.50. The van der Waals surface area contributed by atoms with Crippen LogP contribution in [0.1, 0.15) is 44.6 Å². The third-order valence-corrected chi connectivity index (χ3v) is 5.82. The lowest BCUT2D eigenvalue weighted by Crippen LogP contribution is -2.60.